The zero-order valence-corrected chi connectivity index (χ0v) is 11.4. The van der Waals surface area contributed by atoms with Gasteiger partial charge in [0.2, 0.25) is 0 Å². The first-order valence-corrected chi connectivity index (χ1v) is 7.84. The van der Waals surface area contributed by atoms with Crippen LogP contribution < -0.4 is 5.32 Å². The smallest absolute Gasteiger partial charge is 0.287 e. The topological polar surface area (TPSA) is 76.4 Å². The number of hydrogen-bond donors (Lipinski definition) is 1. The molecule has 5 nitrogen and oxygen atoms in total. The molecule has 0 spiro atoms. The Morgan fingerprint density at radius 1 is 1.47 bits per heavy atom. The van der Waals surface area contributed by atoms with Gasteiger partial charge in [-0.2, -0.15) is 0 Å². The van der Waals surface area contributed by atoms with E-state index in [9.17, 15) is 13.2 Å². The summed E-state index contributed by atoms with van der Waals surface area (Å²) in [5.74, 6) is 0.0318. The highest BCUT2D eigenvalue weighted by molar-refractivity contribution is 9.10. The molecule has 1 amide bonds. The fraction of sp³-hybridized carbons (Fsp3) is 0.500. The minimum Gasteiger partial charge on any atom is -0.444 e. The van der Waals surface area contributed by atoms with Crippen LogP contribution in [-0.4, -0.2) is 31.9 Å². The van der Waals surface area contributed by atoms with E-state index in [1.54, 1.807) is 6.07 Å². The quantitative estimate of drug-likeness (QED) is 0.892. The molecule has 1 aliphatic rings. The molecule has 2 rings (SSSR count). The van der Waals surface area contributed by atoms with Crippen molar-refractivity contribution in [1.82, 2.24) is 5.32 Å². The number of amides is 1. The Kier molecular flexibility index (Phi) is 3.58. The van der Waals surface area contributed by atoms with E-state index in [1.165, 1.54) is 6.07 Å². The average molecular weight is 322 g/mol. The molecular formula is C10H12BrNO4S. The third-order valence-corrected chi connectivity index (χ3v) is 4.84. The predicted molar refractivity (Wildman–Crippen MR) is 65.6 cm³/mol. The molecule has 1 unspecified atom stereocenters. The van der Waals surface area contributed by atoms with Gasteiger partial charge in [-0.15, -0.1) is 0 Å². The van der Waals surface area contributed by atoms with Gasteiger partial charge in [0.25, 0.3) is 5.91 Å². The van der Waals surface area contributed by atoms with Crippen molar-refractivity contribution in [3.8, 4) is 0 Å². The molecule has 7 heteroatoms. The van der Waals surface area contributed by atoms with Gasteiger partial charge in [-0.1, -0.05) is 0 Å². The number of hydrogen-bond acceptors (Lipinski definition) is 4. The van der Waals surface area contributed by atoms with Gasteiger partial charge < -0.3 is 9.73 Å². The van der Waals surface area contributed by atoms with E-state index in [4.69, 9.17) is 4.42 Å². The lowest BCUT2D eigenvalue weighted by molar-refractivity contribution is 0.0909. The summed E-state index contributed by atoms with van der Waals surface area (Å²) < 4.78 is 28.4. The molecule has 1 aromatic rings. The van der Waals surface area contributed by atoms with Crippen molar-refractivity contribution in [1.29, 1.82) is 0 Å². The van der Waals surface area contributed by atoms with Crippen molar-refractivity contribution in [2.75, 3.05) is 11.5 Å². The molecule has 94 valence electrons. The van der Waals surface area contributed by atoms with Crippen molar-refractivity contribution in [3.63, 3.8) is 0 Å². The first-order valence-electron chi connectivity index (χ1n) is 5.23. The number of furan rings is 1. The van der Waals surface area contributed by atoms with Gasteiger partial charge in [-0.05, 0) is 40.9 Å². The molecule has 1 aromatic heterocycles. The zero-order chi connectivity index (χ0) is 12.5. The average Bonchev–Trinajstić information content (AvgIpc) is 2.63. The van der Waals surface area contributed by atoms with Crippen LogP contribution >= 0.6 is 15.9 Å². The maximum atomic E-state index is 11.7. The lowest BCUT2D eigenvalue weighted by atomic mass is 10.2. The number of halogens is 1. The molecule has 0 aliphatic carbocycles. The molecule has 0 bridgehead atoms. The highest BCUT2D eigenvalue weighted by Crippen LogP contribution is 2.16. The third kappa shape index (κ3) is 3.32. The Labute approximate surface area is 108 Å². The molecule has 1 saturated heterocycles. The number of rotatable bonds is 2. The Balaban J connectivity index is 1.99. The molecule has 0 saturated carbocycles. The van der Waals surface area contributed by atoms with E-state index in [-0.39, 0.29) is 29.2 Å². The van der Waals surface area contributed by atoms with E-state index in [2.05, 4.69) is 21.2 Å². The molecule has 1 fully saturated rings. The Morgan fingerprint density at radius 2 is 2.24 bits per heavy atom. The standard InChI is InChI=1S/C10H12BrNO4S/c11-9-4-3-8(16-9)10(13)12-7-2-1-5-17(14,15)6-7/h3-4,7H,1-2,5-6H2,(H,12,13). The normalized spacial score (nSPS) is 23.2. The van der Waals surface area contributed by atoms with Crippen LogP contribution in [0.3, 0.4) is 0 Å². The maximum Gasteiger partial charge on any atom is 0.287 e. The molecule has 1 aliphatic heterocycles. The lowest BCUT2D eigenvalue weighted by Crippen LogP contribution is -2.43. The van der Waals surface area contributed by atoms with E-state index in [0.717, 1.165) is 0 Å². The molecule has 1 atom stereocenters. The van der Waals surface area contributed by atoms with Gasteiger partial charge >= 0.3 is 0 Å². The largest absolute Gasteiger partial charge is 0.444 e. The second-order valence-electron chi connectivity index (χ2n) is 4.03. The maximum absolute atomic E-state index is 11.7. The van der Waals surface area contributed by atoms with E-state index >= 15 is 0 Å². The third-order valence-electron chi connectivity index (χ3n) is 2.60. The van der Waals surface area contributed by atoms with Gasteiger partial charge in [0.1, 0.15) is 0 Å². The highest BCUT2D eigenvalue weighted by atomic mass is 79.9. The zero-order valence-electron chi connectivity index (χ0n) is 8.98. The van der Waals surface area contributed by atoms with Gasteiger partial charge in [0.05, 0.1) is 11.5 Å². The van der Waals surface area contributed by atoms with Crippen LogP contribution in [0.2, 0.25) is 0 Å². The monoisotopic (exact) mass is 321 g/mol. The molecule has 1 N–H and O–H groups in total. The first-order chi connectivity index (χ1) is 7.96. The minimum atomic E-state index is -3.01. The summed E-state index contributed by atoms with van der Waals surface area (Å²) in [6, 6.07) is 2.84. The lowest BCUT2D eigenvalue weighted by Gasteiger charge is -2.22. The summed E-state index contributed by atoms with van der Waals surface area (Å²) in [5, 5.41) is 2.67. The molecule has 0 radical (unpaired) electrons. The van der Waals surface area contributed by atoms with Crippen molar-refractivity contribution in [3.05, 3.63) is 22.6 Å². The van der Waals surface area contributed by atoms with Crippen LogP contribution in [0.5, 0.6) is 0 Å². The number of sulfone groups is 1. The fourth-order valence-corrected chi connectivity index (χ4v) is 3.77. The van der Waals surface area contributed by atoms with Crippen molar-refractivity contribution in [2.45, 2.75) is 18.9 Å². The van der Waals surface area contributed by atoms with Crippen molar-refractivity contribution in [2.24, 2.45) is 0 Å². The van der Waals surface area contributed by atoms with Crippen LogP contribution in [0.1, 0.15) is 23.4 Å². The number of carbonyl (C=O) groups excluding carboxylic acids is 1. The second-order valence-corrected chi connectivity index (χ2v) is 7.04. The summed E-state index contributed by atoms with van der Waals surface area (Å²) in [6.07, 6.45) is 1.28. The van der Waals surface area contributed by atoms with Gasteiger partial charge in [-0.25, -0.2) is 8.42 Å². The molecule has 0 aromatic carbocycles. The summed E-state index contributed by atoms with van der Waals surface area (Å²) in [6.45, 7) is 0. The summed E-state index contributed by atoms with van der Waals surface area (Å²) in [5.41, 5.74) is 0. The Bertz CT molecular complexity index is 522. The summed E-state index contributed by atoms with van der Waals surface area (Å²) >= 11 is 3.10. The van der Waals surface area contributed by atoms with E-state index < -0.39 is 9.84 Å². The van der Waals surface area contributed by atoms with E-state index in [1.807, 2.05) is 0 Å². The number of nitrogens with one attached hydrogen (secondary N) is 1. The second kappa shape index (κ2) is 4.81. The SMILES string of the molecule is O=C(NC1CCCS(=O)(=O)C1)c1ccc(Br)o1. The Hall–Kier alpha value is -0.820. The molecule has 2 heterocycles. The number of carbonyl (C=O) groups is 1. The Morgan fingerprint density at radius 3 is 2.82 bits per heavy atom. The highest BCUT2D eigenvalue weighted by Gasteiger charge is 2.26. The fourth-order valence-electron chi connectivity index (χ4n) is 1.83. The van der Waals surface area contributed by atoms with Crippen LogP contribution in [0.4, 0.5) is 0 Å². The first kappa shape index (κ1) is 12.6. The molecular weight excluding hydrogens is 310 g/mol. The van der Waals surface area contributed by atoms with Gasteiger partial charge in [-0.3, -0.25) is 4.79 Å². The van der Waals surface area contributed by atoms with Crippen LogP contribution in [-0.2, 0) is 9.84 Å². The van der Waals surface area contributed by atoms with Gasteiger partial charge in [0.15, 0.2) is 20.3 Å². The summed E-state index contributed by atoms with van der Waals surface area (Å²) in [7, 11) is -3.01. The van der Waals surface area contributed by atoms with Crippen LogP contribution in [0, 0.1) is 0 Å². The van der Waals surface area contributed by atoms with Crippen LogP contribution in [0.25, 0.3) is 0 Å². The van der Waals surface area contributed by atoms with E-state index in [0.29, 0.717) is 17.5 Å². The van der Waals surface area contributed by atoms with Crippen LogP contribution in [0.15, 0.2) is 21.2 Å². The predicted octanol–water partition coefficient (Wildman–Crippen LogP) is 1.35. The van der Waals surface area contributed by atoms with Crippen molar-refractivity contribution < 1.29 is 17.6 Å². The summed E-state index contributed by atoms with van der Waals surface area (Å²) in [4.78, 5) is 11.7. The molecule has 17 heavy (non-hydrogen) atoms. The minimum absolute atomic E-state index is 0.0145. The van der Waals surface area contributed by atoms with Crippen molar-refractivity contribution >= 4 is 31.7 Å². The van der Waals surface area contributed by atoms with Gasteiger partial charge in [0, 0.05) is 6.04 Å².